The lowest BCUT2D eigenvalue weighted by atomic mass is 10.1. The van der Waals surface area contributed by atoms with Crippen molar-refractivity contribution < 1.29 is 10.0 Å². The molecule has 2 rings (SSSR count). The van der Waals surface area contributed by atoms with Gasteiger partial charge in [0.1, 0.15) is 0 Å². The molecule has 0 aromatic heterocycles. The summed E-state index contributed by atoms with van der Waals surface area (Å²) in [7, 11) is 0. The molecule has 0 amide bonds. The number of nitrogens with zero attached hydrogens (tertiary/aromatic N) is 1. The standard InChI is InChI=1S/C16H18N2O3/c1-12-5-6-14(8-16(12)18(20)21)10-17-9-13-3-2-4-15(7-13)11-19/h2-8,17,19H,9-11H2,1H3. The molecule has 0 aliphatic carbocycles. The molecule has 21 heavy (non-hydrogen) atoms. The fraction of sp³-hybridized carbons (Fsp3) is 0.250. The molecule has 0 spiro atoms. The fourth-order valence-corrected chi connectivity index (χ4v) is 2.15. The van der Waals surface area contributed by atoms with Crippen LogP contribution in [0.15, 0.2) is 42.5 Å². The van der Waals surface area contributed by atoms with Crippen molar-refractivity contribution in [2.24, 2.45) is 0 Å². The zero-order valence-corrected chi connectivity index (χ0v) is 11.9. The van der Waals surface area contributed by atoms with Gasteiger partial charge in [0.05, 0.1) is 11.5 Å². The van der Waals surface area contributed by atoms with Crippen molar-refractivity contribution in [3.63, 3.8) is 0 Å². The van der Waals surface area contributed by atoms with Gasteiger partial charge in [0.15, 0.2) is 0 Å². The van der Waals surface area contributed by atoms with Gasteiger partial charge in [0.25, 0.3) is 5.69 Å². The predicted octanol–water partition coefficient (Wildman–Crippen LogP) is 2.69. The van der Waals surface area contributed by atoms with E-state index in [9.17, 15) is 10.1 Å². The molecule has 0 atom stereocenters. The molecule has 0 fully saturated rings. The van der Waals surface area contributed by atoms with E-state index in [0.717, 1.165) is 16.7 Å². The van der Waals surface area contributed by atoms with Crippen LogP contribution in [0.3, 0.4) is 0 Å². The molecule has 5 heteroatoms. The van der Waals surface area contributed by atoms with Crippen molar-refractivity contribution in [2.45, 2.75) is 26.6 Å². The summed E-state index contributed by atoms with van der Waals surface area (Å²) in [6.45, 7) is 2.97. The first-order valence-electron chi connectivity index (χ1n) is 6.73. The molecule has 0 unspecified atom stereocenters. The van der Waals surface area contributed by atoms with E-state index in [1.807, 2.05) is 30.3 Å². The van der Waals surface area contributed by atoms with Gasteiger partial charge in [0, 0.05) is 24.7 Å². The van der Waals surface area contributed by atoms with E-state index in [2.05, 4.69) is 5.32 Å². The van der Waals surface area contributed by atoms with Crippen LogP contribution in [-0.2, 0) is 19.7 Å². The number of nitro benzene ring substituents is 1. The third-order valence-electron chi connectivity index (χ3n) is 3.30. The Balaban J connectivity index is 1.97. The molecule has 5 nitrogen and oxygen atoms in total. The highest BCUT2D eigenvalue weighted by Crippen LogP contribution is 2.19. The maximum Gasteiger partial charge on any atom is 0.272 e. The maximum atomic E-state index is 10.9. The van der Waals surface area contributed by atoms with E-state index in [1.165, 1.54) is 0 Å². The molecule has 2 aromatic carbocycles. The van der Waals surface area contributed by atoms with Gasteiger partial charge in [0.2, 0.25) is 0 Å². The zero-order valence-electron chi connectivity index (χ0n) is 11.9. The summed E-state index contributed by atoms with van der Waals surface area (Å²) in [6, 6.07) is 12.9. The second kappa shape index (κ2) is 6.97. The van der Waals surface area contributed by atoms with Crippen LogP contribution in [0.25, 0.3) is 0 Å². The smallest absolute Gasteiger partial charge is 0.272 e. The van der Waals surface area contributed by atoms with Crippen molar-refractivity contribution in [1.82, 2.24) is 5.32 Å². The lowest BCUT2D eigenvalue weighted by Gasteiger charge is -2.07. The van der Waals surface area contributed by atoms with Gasteiger partial charge in [-0.25, -0.2) is 0 Å². The summed E-state index contributed by atoms with van der Waals surface area (Å²) in [5.41, 5.74) is 3.64. The molecule has 0 saturated carbocycles. The molecule has 0 heterocycles. The SMILES string of the molecule is Cc1ccc(CNCc2cccc(CO)c2)cc1[N+](=O)[O-]. The Hall–Kier alpha value is -2.24. The molecule has 2 N–H and O–H groups in total. The molecule has 0 aliphatic rings. The topological polar surface area (TPSA) is 75.4 Å². The number of hydrogen-bond acceptors (Lipinski definition) is 4. The minimum atomic E-state index is -0.358. The highest BCUT2D eigenvalue weighted by atomic mass is 16.6. The van der Waals surface area contributed by atoms with Crippen LogP contribution in [0, 0.1) is 17.0 Å². The molecule has 2 aromatic rings. The van der Waals surface area contributed by atoms with E-state index in [-0.39, 0.29) is 17.2 Å². The number of benzene rings is 2. The lowest BCUT2D eigenvalue weighted by Crippen LogP contribution is -2.13. The Morgan fingerprint density at radius 2 is 1.76 bits per heavy atom. The third kappa shape index (κ3) is 4.11. The Labute approximate surface area is 123 Å². The predicted molar refractivity (Wildman–Crippen MR) is 80.7 cm³/mol. The monoisotopic (exact) mass is 286 g/mol. The highest BCUT2D eigenvalue weighted by molar-refractivity contribution is 5.42. The molecule has 0 saturated heterocycles. The van der Waals surface area contributed by atoms with E-state index < -0.39 is 0 Å². The van der Waals surface area contributed by atoms with Crippen LogP contribution < -0.4 is 5.32 Å². The molecule has 0 aliphatic heterocycles. The molecule has 110 valence electrons. The number of nitrogens with one attached hydrogen (secondary N) is 1. The van der Waals surface area contributed by atoms with Crippen LogP contribution in [0.5, 0.6) is 0 Å². The molecule has 0 radical (unpaired) electrons. The van der Waals surface area contributed by atoms with Crippen LogP contribution in [0.1, 0.15) is 22.3 Å². The summed E-state index contributed by atoms with van der Waals surface area (Å²) >= 11 is 0. The van der Waals surface area contributed by atoms with Gasteiger partial charge in [-0.2, -0.15) is 0 Å². The van der Waals surface area contributed by atoms with Gasteiger partial charge in [-0.05, 0) is 23.6 Å². The summed E-state index contributed by atoms with van der Waals surface area (Å²) < 4.78 is 0. The van der Waals surface area contributed by atoms with Gasteiger partial charge >= 0.3 is 0 Å². The first-order chi connectivity index (χ1) is 10.1. The van der Waals surface area contributed by atoms with Crippen molar-refractivity contribution in [1.29, 1.82) is 0 Å². The average molecular weight is 286 g/mol. The van der Waals surface area contributed by atoms with Crippen LogP contribution >= 0.6 is 0 Å². The van der Waals surface area contributed by atoms with Crippen molar-refractivity contribution in [3.05, 3.63) is 74.8 Å². The van der Waals surface area contributed by atoms with Crippen LogP contribution in [-0.4, -0.2) is 10.0 Å². The number of nitro groups is 1. The van der Waals surface area contributed by atoms with Crippen molar-refractivity contribution in [3.8, 4) is 0 Å². The largest absolute Gasteiger partial charge is 0.392 e. The Kier molecular flexibility index (Phi) is 5.03. The number of aliphatic hydroxyl groups is 1. The Morgan fingerprint density at radius 3 is 2.43 bits per heavy atom. The minimum Gasteiger partial charge on any atom is -0.392 e. The zero-order chi connectivity index (χ0) is 15.2. The second-order valence-electron chi connectivity index (χ2n) is 4.96. The third-order valence-corrected chi connectivity index (χ3v) is 3.30. The van der Waals surface area contributed by atoms with E-state index in [4.69, 9.17) is 5.11 Å². The summed E-state index contributed by atoms with van der Waals surface area (Å²) in [5.74, 6) is 0. The van der Waals surface area contributed by atoms with Crippen LogP contribution in [0.4, 0.5) is 5.69 Å². The van der Waals surface area contributed by atoms with E-state index in [1.54, 1.807) is 19.1 Å². The highest BCUT2D eigenvalue weighted by Gasteiger charge is 2.10. The minimum absolute atomic E-state index is 0.0258. The number of hydrogen-bond donors (Lipinski definition) is 2. The molecule has 0 bridgehead atoms. The van der Waals surface area contributed by atoms with Gasteiger partial charge in [-0.1, -0.05) is 36.4 Å². The van der Waals surface area contributed by atoms with Gasteiger partial charge in [-0.3, -0.25) is 10.1 Å². The normalized spacial score (nSPS) is 10.6. The average Bonchev–Trinajstić information content (AvgIpc) is 2.49. The van der Waals surface area contributed by atoms with E-state index in [0.29, 0.717) is 18.7 Å². The summed E-state index contributed by atoms with van der Waals surface area (Å²) in [6.07, 6.45) is 0. The Morgan fingerprint density at radius 1 is 1.10 bits per heavy atom. The summed E-state index contributed by atoms with van der Waals surface area (Å²) in [5, 5.41) is 23.2. The molecular formula is C16H18N2O3. The quantitative estimate of drug-likeness (QED) is 0.632. The number of aliphatic hydroxyl groups excluding tert-OH is 1. The molecular weight excluding hydrogens is 268 g/mol. The van der Waals surface area contributed by atoms with E-state index >= 15 is 0 Å². The first-order valence-corrected chi connectivity index (χ1v) is 6.73. The van der Waals surface area contributed by atoms with Crippen molar-refractivity contribution in [2.75, 3.05) is 0 Å². The first kappa shape index (κ1) is 15.2. The van der Waals surface area contributed by atoms with Gasteiger partial charge < -0.3 is 10.4 Å². The van der Waals surface area contributed by atoms with Gasteiger partial charge in [-0.15, -0.1) is 0 Å². The lowest BCUT2D eigenvalue weighted by molar-refractivity contribution is -0.385. The number of aryl methyl sites for hydroxylation is 1. The second-order valence-corrected chi connectivity index (χ2v) is 4.96. The van der Waals surface area contributed by atoms with Crippen LogP contribution in [0.2, 0.25) is 0 Å². The Bertz CT molecular complexity index is 641. The maximum absolute atomic E-state index is 10.9. The number of rotatable bonds is 6. The van der Waals surface area contributed by atoms with Crippen molar-refractivity contribution >= 4 is 5.69 Å². The summed E-state index contributed by atoms with van der Waals surface area (Å²) in [4.78, 5) is 10.5. The fourth-order valence-electron chi connectivity index (χ4n) is 2.15.